The van der Waals surface area contributed by atoms with Crippen LogP contribution in [0.3, 0.4) is 0 Å². The summed E-state index contributed by atoms with van der Waals surface area (Å²) in [4.78, 5) is 24.0. The summed E-state index contributed by atoms with van der Waals surface area (Å²) in [7, 11) is 0. The number of nitrogens with one attached hydrogen (secondary N) is 4. The van der Waals surface area contributed by atoms with E-state index in [9.17, 15) is 14.0 Å². The Labute approximate surface area is 160 Å². The average Bonchev–Trinajstić information content (AvgIpc) is 3.13. The number of aromatic nitrogens is 2. The number of fused-ring (bicyclic) bond motifs is 1. The zero-order chi connectivity index (χ0) is 19.7. The van der Waals surface area contributed by atoms with E-state index in [0.717, 1.165) is 16.7 Å². The number of urea groups is 1. The smallest absolute Gasteiger partial charge is 0.311 e. The fraction of sp³-hybridized carbons (Fsp3) is 0.150. The fourth-order valence-corrected chi connectivity index (χ4v) is 3.26. The van der Waals surface area contributed by atoms with E-state index >= 15 is 0 Å². The number of aromatic amines is 1. The van der Waals surface area contributed by atoms with Crippen LogP contribution in [-0.2, 0) is 4.79 Å². The third-order valence-electron chi connectivity index (χ3n) is 4.64. The van der Waals surface area contributed by atoms with E-state index < -0.39 is 11.8 Å². The van der Waals surface area contributed by atoms with Gasteiger partial charge in [-0.05, 0) is 42.3 Å². The largest absolute Gasteiger partial charge is 0.323 e. The highest BCUT2D eigenvalue weighted by molar-refractivity contribution is 6.00. The monoisotopic (exact) mass is 379 g/mol. The predicted molar refractivity (Wildman–Crippen MR) is 104 cm³/mol. The molecule has 0 bridgehead atoms. The van der Waals surface area contributed by atoms with Crippen LogP contribution in [0.1, 0.15) is 29.0 Å². The van der Waals surface area contributed by atoms with Gasteiger partial charge in [-0.1, -0.05) is 18.2 Å². The quantitative estimate of drug-likeness (QED) is 0.554. The molecule has 8 heteroatoms. The summed E-state index contributed by atoms with van der Waals surface area (Å²) in [6.45, 7) is 1.82. The number of hydrogen-bond acceptors (Lipinski definition) is 3. The molecule has 0 radical (unpaired) electrons. The SMILES string of the molecule is Cc1ccc(F)c(NC(=O)Nc2ccc(C3CC(=O)Nc4[nH]ncc43)cc2)c1. The third-order valence-corrected chi connectivity index (χ3v) is 4.64. The van der Waals surface area contributed by atoms with Gasteiger partial charge in [0.2, 0.25) is 5.91 Å². The van der Waals surface area contributed by atoms with Gasteiger partial charge in [0.05, 0.1) is 11.9 Å². The van der Waals surface area contributed by atoms with Gasteiger partial charge in [0.25, 0.3) is 0 Å². The van der Waals surface area contributed by atoms with Gasteiger partial charge in [0.1, 0.15) is 11.6 Å². The molecule has 0 fully saturated rings. The molecule has 1 unspecified atom stereocenters. The van der Waals surface area contributed by atoms with Gasteiger partial charge in [0.15, 0.2) is 0 Å². The molecule has 4 N–H and O–H groups in total. The third kappa shape index (κ3) is 3.57. The lowest BCUT2D eigenvalue weighted by Crippen LogP contribution is -2.23. The van der Waals surface area contributed by atoms with Crippen molar-refractivity contribution >= 4 is 29.1 Å². The summed E-state index contributed by atoms with van der Waals surface area (Å²) >= 11 is 0. The van der Waals surface area contributed by atoms with Crippen LogP contribution >= 0.6 is 0 Å². The molecular weight excluding hydrogens is 361 g/mol. The molecule has 0 saturated heterocycles. The number of H-pyrrole nitrogens is 1. The molecule has 2 aromatic carbocycles. The van der Waals surface area contributed by atoms with Gasteiger partial charge < -0.3 is 16.0 Å². The molecule has 1 aliphatic rings. The van der Waals surface area contributed by atoms with Gasteiger partial charge in [-0.25, -0.2) is 9.18 Å². The highest BCUT2D eigenvalue weighted by Crippen LogP contribution is 2.35. The molecule has 3 aromatic rings. The van der Waals surface area contributed by atoms with Crippen molar-refractivity contribution in [3.8, 4) is 0 Å². The first kappa shape index (κ1) is 17.7. The molecule has 2 heterocycles. The van der Waals surface area contributed by atoms with Crippen molar-refractivity contribution in [3.05, 3.63) is 71.2 Å². The van der Waals surface area contributed by atoms with E-state index in [-0.39, 0.29) is 17.5 Å². The second kappa shape index (κ2) is 7.15. The van der Waals surface area contributed by atoms with Gasteiger partial charge in [-0.2, -0.15) is 5.10 Å². The van der Waals surface area contributed by atoms with E-state index in [4.69, 9.17) is 0 Å². The first-order valence-corrected chi connectivity index (χ1v) is 8.77. The Morgan fingerprint density at radius 1 is 1.18 bits per heavy atom. The number of halogens is 1. The van der Waals surface area contributed by atoms with Crippen LogP contribution in [0.25, 0.3) is 0 Å². The molecule has 1 atom stereocenters. The molecule has 1 aromatic heterocycles. The maximum Gasteiger partial charge on any atom is 0.323 e. The second-order valence-corrected chi connectivity index (χ2v) is 6.69. The Kier molecular flexibility index (Phi) is 4.52. The summed E-state index contributed by atoms with van der Waals surface area (Å²) < 4.78 is 13.8. The molecule has 7 nitrogen and oxygen atoms in total. The van der Waals surface area contributed by atoms with Gasteiger partial charge in [-0.15, -0.1) is 0 Å². The van der Waals surface area contributed by atoms with Crippen molar-refractivity contribution in [1.29, 1.82) is 0 Å². The number of carbonyl (C=O) groups excluding carboxylic acids is 2. The molecule has 4 rings (SSSR count). The van der Waals surface area contributed by atoms with Crippen LogP contribution in [0.2, 0.25) is 0 Å². The number of carbonyl (C=O) groups is 2. The number of amides is 3. The Morgan fingerprint density at radius 3 is 2.75 bits per heavy atom. The van der Waals surface area contributed by atoms with Crippen LogP contribution < -0.4 is 16.0 Å². The summed E-state index contributed by atoms with van der Waals surface area (Å²) in [5.74, 6) is -0.0686. The topological polar surface area (TPSA) is 98.9 Å². The van der Waals surface area contributed by atoms with Crippen molar-refractivity contribution in [2.75, 3.05) is 16.0 Å². The maximum absolute atomic E-state index is 13.8. The van der Waals surface area contributed by atoms with E-state index in [1.807, 2.05) is 19.1 Å². The number of hydrogen-bond donors (Lipinski definition) is 4. The van der Waals surface area contributed by atoms with Crippen LogP contribution in [0.5, 0.6) is 0 Å². The summed E-state index contributed by atoms with van der Waals surface area (Å²) in [6, 6.07) is 11.2. The number of anilines is 3. The maximum atomic E-state index is 13.8. The zero-order valence-electron chi connectivity index (χ0n) is 15.0. The first-order valence-electron chi connectivity index (χ1n) is 8.77. The number of nitrogens with zero attached hydrogens (tertiary/aromatic N) is 1. The fourth-order valence-electron chi connectivity index (χ4n) is 3.26. The van der Waals surface area contributed by atoms with E-state index in [0.29, 0.717) is 17.9 Å². The molecule has 28 heavy (non-hydrogen) atoms. The summed E-state index contributed by atoms with van der Waals surface area (Å²) in [5.41, 5.74) is 3.38. The molecule has 0 aliphatic carbocycles. The first-order chi connectivity index (χ1) is 13.5. The molecule has 1 aliphatic heterocycles. The van der Waals surface area contributed by atoms with Gasteiger partial charge >= 0.3 is 6.03 Å². The van der Waals surface area contributed by atoms with E-state index in [2.05, 4.69) is 26.1 Å². The minimum atomic E-state index is -0.536. The Morgan fingerprint density at radius 2 is 1.96 bits per heavy atom. The lowest BCUT2D eigenvalue weighted by Gasteiger charge is -2.22. The van der Waals surface area contributed by atoms with Crippen LogP contribution in [0.15, 0.2) is 48.7 Å². The summed E-state index contributed by atoms with van der Waals surface area (Å²) in [5, 5.41) is 14.7. The zero-order valence-corrected chi connectivity index (χ0v) is 15.0. The standard InChI is InChI=1S/C20H18FN5O2/c1-11-2-7-16(21)17(8-11)24-20(28)23-13-5-3-12(4-6-13)14-9-18(27)25-19-15(14)10-22-26-19/h2-8,10,14H,9H2,1H3,(H2,23,24,28)(H2,22,25,26,27). The van der Waals surface area contributed by atoms with E-state index in [1.54, 1.807) is 30.5 Å². The average molecular weight is 379 g/mol. The predicted octanol–water partition coefficient (Wildman–Crippen LogP) is 3.98. The van der Waals surface area contributed by atoms with Crippen molar-refractivity contribution in [3.63, 3.8) is 0 Å². The normalized spacial score (nSPS) is 15.5. The minimum absolute atomic E-state index is 0.0801. The van der Waals surface area contributed by atoms with Crippen molar-refractivity contribution in [2.45, 2.75) is 19.3 Å². The van der Waals surface area contributed by atoms with Gasteiger partial charge in [-0.3, -0.25) is 9.89 Å². The number of benzene rings is 2. The van der Waals surface area contributed by atoms with Gasteiger partial charge in [0, 0.05) is 23.6 Å². The second-order valence-electron chi connectivity index (χ2n) is 6.69. The lowest BCUT2D eigenvalue weighted by atomic mass is 9.87. The van der Waals surface area contributed by atoms with Crippen LogP contribution in [0.4, 0.5) is 26.4 Å². The van der Waals surface area contributed by atoms with Crippen molar-refractivity contribution < 1.29 is 14.0 Å². The highest BCUT2D eigenvalue weighted by atomic mass is 19.1. The molecule has 0 spiro atoms. The Hall–Kier alpha value is -3.68. The molecule has 0 saturated carbocycles. The molecular formula is C20H18FN5O2. The van der Waals surface area contributed by atoms with E-state index in [1.165, 1.54) is 6.07 Å². The minimum Gasteiger partial charge on any atom is -0.311 e. The number of aryl methyl sites for hydroxylation is 1. The van der Waals surface area contributed by atoms with Crippen LogP contribution in [0, 0.1) is 12.7 Å². The van der Waals surface area contributed by atoms with Crippen molar-refractivity contribution in [1.82, 2.24) is 10.2 Å². The van der Waals surface area contributed by atoms with Crippen molar-refractivity contribution in [2.24, 2.45) is 0 Å². The summed E-state index contributed by atoms with van der Waals surface area (Å²) in [6.07, 6.45) is 2.03. The molecule has 3 amide bonds. The van der Waals surface area contributed by atoms with Crippen LogP contribution in [-0.4, -0.2) is 22.1 Å². The number of rotatable bonds is 3. The Balaban J connectivity index is 1.46. The lowest BCUT2D eigenvalue weighted by molar-refractivity contribution is -0.116. The molecule has 142 valence electrons. The Bertz CT molecular complexity index is 1050. The highest BCUT2D eigenvalue weighted by Gasteiger charge is 2.27.